The summed E-state index contributed by atoms with van der Waals surface area (Å²) < 4.78 is 0. The van der Waals surface area contributed by atoms with Gasteiger partial charge in [0.2, 0.25) is 5.91 Å². The summed E-state index contributed by atoms with van der Waals surface area (Å²) in [4.78, 5) is 13.9. The summed E-state index contributed by atoms with van der Waals surface area (Å²) in [5.41, 5.74) is 7.15. The number of hydrogen-bond donors (Lipinski definition) is 3. The lowest BCUT2D eigenvalue weighted by Gasteiger charge is -2.17. The molecule has 19 heavy (non-hydrogen) atoms. The molecule has 1 aliphatic heterocycles. The van der Waals surface area contributed by atoms with Crippen molar-refractivity contribution >= 4 is 23.1 Å². The number of carbonyl (C=O) groups excluding carboxylic acids is 1. The van der Waals surface area contributed by atoms with Crippen molar-refractivity contribution in [1.82, 2.24) is 0 Å². The number of rotatable bonds is 4. The summed E-state index contributed by atoms with van der Waals surface area (Å²) in [6.45, 7) is 2.18. The maximum absolute atomic E-state index is 11.5. The minimum atomic E-state index is -0.302. The number of benzene rings is 1. The molecule has 0 bridgehead atoms. The minimum absolute atomic E-state index is 0.105. The smallest absolute Gasteiger partial charge is 0.232 e. The maximum atomic E-state index is 11.5. The molecule has 1 saturated heterocycles. The van der Waals surface area contributed by atoms with Crippen molar-refractivity contribution in [3.8, 4) is 0 Å². The van der Waals surface area contributed by atoms with Crippen molar-refractivity contribution in [2.45, 2.75) is 19.3 Å². The van der Waals surface area contributed by atoms with Crippen molar-refractivity contribution < 1.29 is 10.0 Å². The Bertz CT molecular complexity index is 464. The van der Waals surface area contributed by atoms with E-state index in [2.05, 4.69) is 15.4 Å². The number of nitrogens with two attached hydrogens (primary N) is 1. The van der Waals surface area contributed by atoms with E-state index in [4.69, 9.17) is 10.9 Å². The number of amides is 1. The van der Waals surface area contributed by atoms with E-state index in [1.165, 1.54) is 18.5 Å². The average molecular weight is 262 g/mol. The van der Waals surface area contributed by atoms with Gasteiger partial charge < -0.3 is 21.2 Å². The van der Waals surface area contributed by atoms with Crippen molar-refractivity contribution in [1.29, 1.82) is 0 Å². The fraction of sp³-hybridized carbons (Fsp3) is 0.385. The first kappa shape index (κ1) is 13.2. The van der Waals surface area contributed by atoms with Crippen LogP contribution in [-0.2, 0) is 4.79 Å². The number of oxime groups is 1. The molecule has 0 aromatic heterocycles. The number of hydrogen-bond acceptors (Lipinski definition) is 4. The van der Waals surface area contributed by atoms with Gasteiger partial charge in [0.25, 0.3) is 0 Å². The predicted molar refractivity (Wildman–Crippen MR) is 74.5 cm³/mol. The van der Waals surface area contributed by atoms with Crippen LogP contribution in [0.25, 0.3) is 0 Å². The summed E-state index contributed by atoms with van der Waals surface area (Å²) in [6, 6.07) is 7.70. The molecule has 0 spiro atoms. The van der Waals surface area contributed by atoms with E-state index >= 15 is 0 Å². The van der Waals surface area contributed by atoms with E-state index in [-0.39, 0.29) is 18.2 Å². The molecule has 0 aliphatic carbocycles. The zero-order valence-electron chi connectivity index (χ0n) is 10.7. The average Bonchev–Trinajstić information content (AvgIpc) is 2.93. The Morgan fingerprint density at radius 2 is 1.95 bits per heavy atom. The highest BCUT2D eigenvalue weighted by molar-refractivity contribution is 6.04. The Hall–Kier alpha value is -2.24. The van der Waals surface area contributed by atoms with Gasteiger partial charge in [-0.2, -0.15) is 0 Å². The molecule has 2 rings (SSSR count). The molecule has 1 aliphatic rings. The molecule has 102 valence electrons. The van der Waals surface area contributed by atoms with Gasteiger partial charge >= 0.3 is 0 Å². The second kappa shape index (κ2) is 6.08. The second-order valence-corrected chi connectivity index (χ2v) is 4.56. The van der Waals surface area contributed by atoms with Crippen LogP contribution in [0.4, 0.5) is 11.4 Å². The molecule has 0 saturated carbocycles. The van der Waals surface area contributed by atoms with Gasteiger partial charge in [-0.15, -0.1) is 0 Å². The van der Waals surface area contributed by atoms with Crippen molar-refractivity contribution in [3.05, 3.63) is 24.3 Å². The highest BCUT2D eigenvalue weighted by Crippen LogP contribution is 2.21. The highest BCUT2D eigenvalue weighted by atomic mass is 16.4. The van der Waals surface area contributed by atoms with Gasteiger partial charge in [-0.1, -0.05) is 5.16 Å². The maximum Gasteiger partial charge on any atom is 0.232 e. The molecular weight excluding hydrogens is 244 g/mol. The van der Waals surface area contributed by atoms with E-state index in [1.807, 2.05) is 24.3 Å². The topological polar surface area (TPSA) is 91.0 Å². The molecule has 0 atom stereocenters. The molecule has 1 aromatic rings. The Kier molecular flexibility index (Phi) is 4.22. The number of anilines is 2. The Morgan fingerprint density at radius 3 is 2.53 bits per heavy atom. The zero-order valence-corrected chi connectivity index (χ0v) is 10.7. The van der Waals surface area contributed by atoms with Crippen LogP contribution < -0.4 is 16.0 Å². The van der Waals surface area contributed by atoms with Crippen LogP contribution in [0.3, 0.4) is 0 Å². The van der Waals surface area contributed by atoms with Crippen LogP contribution in [0.15, 0.2) is 29.4 Å². The summed E-state index contributed by atoms with van der Waals surface area (Å²) in [6.07, 6.45) is 2.35. The van der Waals surface area contributed by atoms with Crippen LogP contribution in [0.1, 0.15) is 19.3 Å². The van der Waals surface area contributed by atoms with Crippen LogP contribution in [0.2, 0.25) is 0 Å². The SMILES string of the molecule is NC(CC(=O)Nc1ccc(N2CCCC2)cc1)=NO. The van der Waals surface area contributed by atoms with Gasteiger partial charge in [0.1, 0.15) is 5.84 Å². The van der Waals surface area contributed by atoms with Gasteiger partial charge in [0, 0.05) is 24.5 Å². The first-order valence-corrected chi connectivity index (χ1v) is 6.30. The van der Waals surface area contributed by atoms with Crippen LogP contribution in [-0.4, -0.2) is 30.0 Å². The van der Waals surface area contributed by atoms with Gasteiger partial charge in [-0.25, -0.2) is 0 Å². The lowest BCUT2D eigenvalue weighted by Crippen LogP contribution is -2.22. The highest BCUT2D eigenvalue weighted by Gasteiger charge is 2.12. The number of amidine groups is 1. The Morgan fingerprint density at radius 1 is 1.32 bits per heavy atom. The molecule has 1 heterocycles. The molecular formula is C13H18N4O2. The standard InChI is InChI=1S/C13H18N4O2/c14-12(16-19)9-13(18)15-10-3-5-11(6-4-10)17-7-1-2-8-17/h3-6,19H,1-2,7-9H2,(H2,14,16)(H,15,18). The van der Waals surface area contributed by atoms with Crippen LogP contribution in [0.5, 0.6) is 0 Å². The van der Waals surface area contributed by atoms with E-state index in [0.717, 1.165) is 13.1 Å². The van der Waals surface area contributed by atoms with E-state index in [0.29, 0.717) is 5.69 Å². The van der Waals surface area contributed by atoms with Gasteiger partial charge in [-0.05, 0) is 37.1 Å². The summed E-state index contributed by atoms with van der Waals surface area (Å²) >= 11 is 0. The zero-order chi connectivity index (χ0) is 13.7. The lowest BCUT2D eigenvalue weighted by atomic mass is 10.2. The van der Waals surface area contributed by atoms with Gasteiger partial charge in [0.15, 0.2) is 0 Å². The van der Waals surface area contributed by atoms with Crippen molar-refractivity contribution in [2.75, 3.05) is 23.3 Å². The van der Waals surface area contributed by atoms with E-state index in [9.17, 15) is 4.79 Å². The third-order valence-electron chi connectivity index (χ3n) is 3.09. The fourth-order valence-electron chi connectivity index (χ4n) is 2.14. The second-order valence-electron chi connectivity index (χ2n) is 4.56. The van der Waals surface area contributed by atoms with E-state index < -0.39 is 0 Å². The molecule has 1 aromatic carbocycles. The first-order valence-electron chi connectivity index (χ1n) is 6.30. The lowest BCUT2D eigenvalue weighted by molar-refractivity contribution is -0.115. The Balaban J connectivity index is 1.93. The summed E-state index contributed by atoms with van der Waals surface area (Å²) in [5, 5.41) is 13.8. The van der Waals surface area contributed by atoms with Crippen molar-refractivity contribution in [3.63, 3.8) is 0 Å². The van der Waals surface area contributed by atoms with Gasteiger partial charge in [-0.3, -0.25) is 4.79 Å². The Labute approximate surface area is 111 Å². The number of nitrogens with zero attached hydrogens (tertiary/aromatic N) is 2. The summed E-state index contributed by atoms with van der Waals surface area (Å²) in [7, 11) is 0. The fourth-order valence-corrected chi connectivity index (χ4v) is 2.14. The number of carbonyl (C=O) groups is 1. The molecule has 0 unspecified atom stereocenters. The molecule has 6 heteroatoms. The molecule has 1 amide bonds. The largest absolute Gasteiger partial charge is 0.409 e. The summed E-state index contributed by atoms with van der Waals surface area (Å²) in [5.74, 6) is -0.407. The molecule has 1 fully saturated rings. The minimum Gasteiger partial charge on any atom is -0.409 e. The quantitative estimate of drug-likeness (QED) is 0.331. The number of nitrogens with one attached hydrogen (secondary N) is 1. The third kappa shape index (κ3) is 3.61. The van der Waals surface area contributed by atoms with Crippen LogP contribution in [0, 0.1) is 0 Å². The van der Waals surface area contributed by atoms with Gasteiger partial charge in [0.05, 0.1) is 6.42 Å². The molecule has 6 nitrogen and oxygen atoms in total. The molecule has 0 radical (unpaired) electrons. The third-order valence-corrected chi connectivity index (χ3v) is 3.09. The molecule has 4 N–H and O–H groups in total. The normalized spacial score (nSPS) is 15.6. The van der Waals surface area contributed by atoms with Crippen molar-refractivity contribution in [2.24, 2.45) is 10.9 Å². The van der Waals surface area contributed by atoms with Crippen LogP contribution >= 0.6 is 0 Å². The predicted octanol–water partition coefficient (Wildman–Crippen LogP) is 1.36. The monoisotopic (exact) mass is 262 g/mol. The van der Waals surface area contributed by atoms with E-state index in [1.54, 1.807) is 0 Å². The first-order chi connectivity index (χ1) is 9.19.